The second-order valence-electron chi connectivity index (χ2n) is 5.78. The first kappa shape index (κ1) is 14.8. The van der Waals surface area contributed by atoms with E-state index in [0.29, 0.717) is 21.8 Å². The van der Waals surface area contributed by atoms with Gasteiger partial charge < -0.3 is 0 Å². The van der Waals surface area contributed by atoms with Gasteiger partial charge in [0.15, 0.2) is 0 Å². The van der Waals surface area contributed by atoms with E-state index in [1.54, 1.807) is 12.1 Å². The van der Waals surface area contributed by atoms with Gasteiger partial charge in [-0.15, -0.1) is 0 Å². The quantitative estimate of drug-likeness (QED) is 0.632. The third-order valence-electron chi connectivity index (χ3n) is 4.60. The van der Waals surface area contributed by atoms with Crippen molar-refractivity contribution in [3.63, 3.8) is 0 Å². The highest BCUT2D eigenvalue weighted by atomic mass is 35.5. The molecule has 2 atom stereocenters. The number of fused-ring (bicyclic) bond motifs is 1. The predicted molar refractivity (Wildman–Crippen MR) is 79.8 cm³/mol. The number of hydrogen-bond donors (Lipinski definition) is 0. The lowest BCUT2D eigenvalue weighted by Gasteiger charge is -2.17. The van der Waals surface area contributed by atoms with Crippen LogP contribution in [0.25, 0.3) is 0 Å². The summed E-state index contributed by atoms with van der Waals surface area (Å²) in [5.74, 6) is 0.0151. The van der Waals surface area contributed by atoms with E-state index in [4.69, 9.17) is 23.2 Å². The first-order valence-corrected chi connectivity index (χ1v) is 7.93. The molecule has 0 bridgehead atoms. The van der Waals surface area contributed by atoms with E-state index in [0.717, 1.165) is 19.3 Å². The van der Waals surface area contributed by atoms with Crippen molar-refractivity contribution in [2.24, 2.45) is 17.8 Å². The van der Waals surface area contributed by atoms with Gasteiger partial charge in [-0.05, 0) is 30.9 Å². The smallest absolute Gasteiger partial charge is 0.233 e. The molecule has 0 spiro atoms. The lowest BCUT2D eigenvalue weighted by atomic mass is 10.00. The highest BCUT2D eigenvalue weighted by Gasteiger charge is 2.52. The molecule has 2 unspecified atom stereocenters. The average molecular weight is 327 g/mol. The minimum atomic E-state index is -0.152. The molecule has 2 amide bonds. The van der Waals surface area contributed by atoms with Crippen molar-refractivity contribution in [3.05, 3.63) is 28.0 Å². The van der Waals surface area contributed by atoms with Gasteiger partial charge in [-0.25, -0.2) is 4.98 Å². The fourth-order valence-corrected chi connectivity index (χ4v) is 3.74. The van der Waals surface area contributed by atoms with Crippen molar-refractivity contribution in [1.29, 1.82) is 0 Å². The highest BCUT2D eigenvalue weighted by Crippen LogP contribution is 2.44. The summed E-state index contributed by atoms with van der Waals surface area (Å²) in [4.78, 5) is 30.3. The maximum atomic E-state index is 12.5. The van der Waals surface area contributed by atoms with Gasteiger partial charge >= 0.3 is 0 Å². The number of carbonyl (C=O) groups excluding carboxylic acids is 2. The van der Waals surface area contributed by atoms with Crippen molar-refractivity contribution in [2.45, 2.75) is 32.7 Å². The summed E-state index contributed by atoms with van der Waals surface area (Å²) in [6.07, 6.45) is 2.66. The molecule has 1 saturated carbocycles. The number of carbonyl (C=O) groups is 2. The van der Waals surface area contributed by atoms with Gasteiger partial charge in [-0.1, -0.05) is 36.5 Å². The number of rotatable bonds is 3. The number of halogens is 2. The molecular formula is C15H16Cl2N2O2. The van der Waals surface area contributed by atoms with Gasteiger partial charge in [-0.2, -0.15) is 0 Å². The van der Waals surface area contributed by atoms with Crippen LogP contribution in [0.3, 0.4) is 0 Å². The summed E-state index contributed by atoms with van der Waals surface area (Å²) in [7, 11) is 0. The average Bonchev–Trinajstić information content (AvgIpc) is 2.98. The van der Waals surface area contributed by atoms with Gasteiger partial charge in [0.2, 0.25) is 11.8 Å². The third kappa shape index (κ3) is 2.55. The zero-order valence-corrected chi connectivity index (χ0v) is 13.2. The van der Waals surface area contributed by atoms with Gasteiger partial charge in [0.1, 0.15) is 5.15 Å². The number of aromatic nitrogens is 1. The van der Waals surface area contributed by atoms with Crippen molar-refractivity contribution in [3.8, 4) is 0 Å². The van der Waals surface area contributed by atoms with Crippen LogP contribution in [0.2, 0.25) is 10.2 Å². The molecule has 0 aromatic carbocycles. The molecule has 2 aliphatic rings. The Kier molecular flexibility index (Phi) is 3.93. The standard InChI is InChI=1S/C15H16Cl2N2O2/c1-2-8-5-9-10(6-8)15(21)19(14(9)20)7-12-11(16)3-4-13(17)18-12/h3-4,8-10H,2,5-7H2,1H3. The van der Waals surface area contributed by atoms with Crippen LogP contribution < -0.4 is 0 Å². The summed E-state index contributed by atoms with van der Waals surface area (Å²) < 4.78 is 0. The van der Waals surface area contributed by atoms with E-state index in [-0.39, 0.29) is 30.2 Å². The number of nitrogens with zero attached hydrogens (tertiary/aromatic N) is 2. The first-order chi connectivity index (χ1) is 10.0. The largest absolute Gasteiger partial charge is 0.276 e. The molecule has 3 rings (SSSR count). The van der Waals surface area contributed by atoms with E-state index in [1.807, 2.05) is 0 Å². The Hall–Kier alpha value is -1.13. The molecule has 0 N–H and O–H groups in total. The van der Waals surface area contributed by atoms with Crippen LogP contribution in [0.1, 0.15) is 31.9 Å². The maximum Gasteiger partial charge on any atom is 0.233 e. The zero-order valence-electron chi connectivity index (χ0n) is 11.7. The Bertz CT molecular complexity index is 581. The summed E-state index contributed by atoms with van der Waals surface area (Å²) in [6.45, 7) is 2.22. The zero-order chi connectivity index (χ0) is 15.1. The summed E-state index contributed by atoms with van der Waals surface area (Å²) in [5.41, 5.74) is 0.470. The second kappa shape index (κ2) is 5.58. The lowest BCUT2D eigenvalue weighted by Crippen LogP contribution is -2.32. The SMILES string of the molecule is CCC1CC2C(=O)N(Cc3nc(Cl)ccc3Cl)C(=O)C2C1. The molecular weight excluding hydrogens is 311 g/mol. The van der Waals surface area contributed by atoms with Gasteiger partial charge in [0.05, 0.1) is 29.1 Å². The van der Waals surface area contributed by atoms with Crippen LogP contribution in [0.15, 0.2) is 12.1 Å². The molecule has 6 heteroatoms. The Morgan fingerprint density at radius 2 is 1.81 bits per heavy atom. The predicted octanol–water partition coefficient (Wildman–Crippen LogP) is 3.31. The fourth-order valence-electron chi connectivity index (χ4n) is 3.41. The van der Waals surface area contributed by atoms with Crippen molar-refractivity contribution in [2.75, 3.05) is 0 Å². The van der Waals surface area contributed by atoms with Crippen molar-refractivity contribution in [1.82, 2.24) is 9.88 Å². The summed E-state index contributed by atoms with van der Waals surface area (Å²) in [5, 5.41) is 0.725. The van der Waals surface area contributed by atoms with E-state index in [1.165, 1.54) is 4.90 Å². The van der Waals surface area contributed by atoms with Crippen LogP contribution in [0, 0.1) is 17.8 Å². The van der Waals surface area contributed by atoms with Crippen LogP contribution in [0.5, 0.6) is 0 Å². The molecule has 0 radical (unpaired) electrons. The Morgan fingerprint density at radius 3 is 2.38 bits per heavy atom. The number of likely N-dealkylation sites (tertiary alicyclic amines) is 1. The summed E-state index contributed by atoms with van der Waals surface area (Å²) >= 11 is 11.9. The molecule has 1 aliphatic carbocycles. The normalized spacial score (nSPS) is 28.3. The minimum Gasteiger partial charge on any atom is -0.276 e. The third-order valence-corrected chi connectivity index (χ3v) is 5.15. The minimum absolute atomic E-state index is 0.0845. The van der Waals surface area contributed by atoms with Crippen LogP contribution in [-0.2, 0) is 16.1 Å². The molecule has 2 heterocycles. The molecule has 1 aromatic heterocycles. The number of hydrogen-bond acceptors (Lipinski definition) is 3. The molecule has 4 nitrogen and oxygen atoms in total. The fraction of sp³-hybridized carbons (Fsp3) is 0.533. The van der Waals surface area contributed by atoms with Crippen LogP contribution in [-0.4, -0.2) is 21.7 Å². The van der Waals surface area contributed by atoms with E-state index in [9.17, 15) is 9.59 Å². The van der Waals surface area contributed by atoms with Crippen LogP contribution in [0.4, 0.5) is 0 Å². The van der Waals surface area contributed by atoms with Crippen molar-refractivity contribution < 1.29 is 9.59 Å². The monoisotopic (exact) mass is 326 g/mol. The molecule has 1 aromatic rings. The van der Waals surface area contributed by atoms with Crippen LogP contribution >= 0.6 is 23.2 Å². The molecule has 1 aliphatic heterocycles. The van der Waals surface area contributed by atoms with E-state index < -0.39 is 0 Å². The molecule has 112 valence electrons. The number of pyridine rings is 1. The number of amides is 2. The number of imide groups is 1. The molecule has 2 fully saturated rings. The van der Waals surface area contributed by atoms with E-state index in [2.05, 4.69) is 11.9 Å². The summed E-state index contributed by atoms with van der Waals surface area (Å²) in [6, 6.07) is 3.22. The van der Waals surface area contributed by atoms with E-state index >= 15 is 0 Å². The maximum absolute atomic E-state index is 12.5. The topological polar surface area (TPSA) is 50.3 Å². The van der Waals surface area contributed by atoms with Gasteiger partial charge in [0.25, 0.3) is 0 Å². The molecule has 1 saturated heterocycles. The van der Waals surface area contributed by atoms with Crippen molar-refractivity contribution >= 4 is 35.0 Å². The highest BCUT2D eigenvalue weighted by molar-refractivity contribution is 6.32. The Labute approximate surface area is 133 Å². The molecule has 21 heavy (non-hydrogen) atoms. The Balaban J connectivity index is 1.80. The van der Waals surface area contributed by atoms with Gasteiger partial charge in [-0.3, -0.25) is 14.5 Å². The Morgan fingerprint density at radius 1 is 1.19 bits per heavy atom. The van der Waals surface area contributed by atoms with Gasteiger partial charge in [0, 0.05) is 0 Å². The first-order valence-electron chi connectivity index (χ1n) is 7.17. The second-order valence-corrected chi connectivity index (χ2v) is 6.58. The lowest BCUT2D eigenvalue weighted by molar-refractivity contribution is -0.141.